The number of hydrogen-bond donors (Lipinski definition) is 3. The average molecular weight is 296 g/mol. The van der Waals surface area contributed by atoms with Crippen LogP contribution in [-0.4, -0.2) is 11.1 Å². The molecule has 0 spiro atoms. The Balaban J connectivity index is 1.55. The number of halogens is 1. The molecule has 1 atom stereocenters. The topological polar surface area (TPSA) is 62.1 Å². The molecule has 0 fully saturated rings. The van der Waals surface area contributed by atoms with E-state index in [9.17, 15) is 4.39 Å². The first-order chi connectivity index (χ1) is 10.8. The van der Waals surface area contributed by atoms with Crippen molar-refractivity contribution in [3.8, 4) is 11.3 Å². The van der Waals surface area contributed by atoms with Crippen LogP contribution in [0.5, 0.6) is 0 Å². The first kappa shape index (κ1) is 12.7. The Morgan fingerprint density at radius 1 is 1.14 bits per heavy atom. The van der Waals surface area contributed by atoms with Crippen LogP contribution in [0, 0.1) is 0 Å². The average Bonchev–Trinajstić information content (AvgIpc) is 3.16. The molecule has 6 heteroatoms. The standard InChI is InChI=1S/C16H13FN4O/c17-11-6-12-13(8-19-15(12)18-7-11)21-16-20-9-14(22-16)10-4-2-1-3-5-10/h1-9,15,18-19H,(H,20,21). The van der Waals surface area contributed by atoms with Crippen molar-refractivity contribution in [3.63, 3.8) is 0 Å². The van der Waals surface area contributed by atoms with E-state index < -0.39 is 0 Å². The minimum Gasteiger partial charge on any atom is -0.423 e. The summed E-state index contributed by atoms with van der Waals surface area (Å²) in [5.41, 5.74) is 2.45. The molecule has 3 heterocycles. The quantitative estimate of drug-likeness (QED) is 0.813. The Morgan fingerprint density at radius 2 is 1.95 bits per heavy atom. The summed E-state index contributed by atoms with van der Waals surface area (Å²) in [6.07, 6.45) is 6.09. The van der Waals surface area contributed by atoms with Crippen molar-refractivity contribution in [2.45, 2.75) is 6.17 Å². The molecule has 0 amide bonds. The zero-order valence-electron chi connectivity index (χ0n) is 11.5. The third-order valence-electron chi connectivity index (χ3n) is 3.50. The van der Waals surface area contributed by atoms with Gasteiger partial charge in [-0.05, 0) is 6.08 Å². The predicted octanol–water partition coefficient (Wildman–Crippen LogP) is 2.86. The maximum absolute atomic E-state index is 13.4. The van der Waals surface area contributed by atoms with Crippen molar-refractivity contribution < 1.29 is 8.81 Å². The van der Waals surface area contributed by atoms with E-state index in [2.05, 4.69) is 20.9 Å². The third kappa shape index (κ3) is 2.24. The SMILES string of the molecule is FC1=CNC2NC=C(Nc3ncc(-c4ccccc4)o3)C2=C1. The Kier molecular flexibility index (Phi) is 2.93. The Labute approximate surface area is 126 Å². The number of benzene rings is 1. The Morgan fingerprint density at radius 3 is 2.82 bits per heavy atom. The van der Waals surface area contributed by atoms with Gasteiger partial charge in [0.2, 0.25) is 0 Å². The van der Waals surface area contributed by atoms with Gasteiger partial charge in [-0.3, -0.25) is 0 Å². The van der Waals surface area contributed by atoms with Crippen LogP contribution in [0.15, 0.2) is 76.5 Å². The molecule has 2 aliphatic rings. The van der Waals surface area contributed by atoms with Gasteiger partial charge in [0.15, 0.2) is 5.76 Å². The zero-order chi connectivity index (χ0) is 14.9. The number of nitrogens with zero attached hydrogens (tertiary/aromatic N) is 1. The van der Waals surface area contributed by atoms with Crippen LogP contribution in [0.2, 0.25) is 0 Å². The van der Waals surface area contributed by atoms with Crippen LogP contribution in [-0.2, 0) is 0 Å². The molecule has 0 radical (unpaired) electrons. The Hall–Kier alpha value is -3.02. The fourth-order valence-corrected chi connectivity index (χ4v) is 2.44. The van der Waals surface area contributed by atoms with Crippen LogP contribution >= 0.6 is 0 Å². The highest BCUT2D eigenvalue weighted by atomic mass is 19.1. The van der Waals surface area contributed by atoms with Crippen molar-refractivity contribution >= 4 is 6.01 Å². The summed E-state index contributed by atoms with van der Waals surface area (Å²) in [5, 5.41) is 9.09. The summed E-state index contributed by atoms with van der Waals surface area (Å²) in [4.78, 5) is 4.21. The van der Waals surface area contributed by atoms with E-state index in [1.807, 2.05) is 30.3 Å². The van der Waals surface area contributed by atoms with Crippen LogP contribution in [0.3, 0.4) is 0 Å². The van der Waals surface area contributed by atoms with Gasteiger partial charge in [-0.25, -0.2) is 9.37 Å². The number of aromatic nitrogens is 1. The molecular weight excluding hydrogens is 283 g/mol. The molecule has 0 bridgehead atoms. The molecular formula is C16H13FN4O. The number of oxazole rings is 1. The van der Waals surface area contributed by atoms with Gasteiger partial charge >= 0.3 is 0 Å². The lowest BCUT2D eigenvalue weighted by Gasteiger charge is -2.18. The van der Waals surface area contributed by atoms with Crippen LogP contribution in [0.25, 0.3) is 11.3 Å². The van der Waals surface area contributed by atoms with E-state index >= 15 is 0 Å². The molecule has 0 aliphatic carbocycles. The number of dihydropyridines is 1. The summed E-state index contributed by atoms with van der Waals surface area (Å²) in [6.45, 7) is 0. The van der Waals surface area contributed by atoms with E-state index in [-0.39, 0.29) is 12.0 Å². The van der Waals surface area contributed by atoms with Crippen LogP contribution in [0.4, 0.5) is 10.4 Å². The number of anilines is 1. The number of hydrogen-bond acceptors (Lipinski definition) is 5. The lowest BCUT2D eigenvalue weighted by Crippen LogP contribution is -2.36. The van der Waals surface area contributed by atoms with Crippen molar-refractivity contribution in [3.05, 3.63) is 72.1 Å². The smallest absolute Gasteiger partial charge is 0.299 e. The highest BCUT2D eigenvalue weighted by molar-refractivity contribution is 5.59. The molecule has 1 aromatic heterocycles. The lowest BCUT2D eigenvalue weighted by atomic mass is 10.1. The minimum atomic E-state index is -0.319. The van der Waals surface area contributed by atoms with Gasteiger partial charge in [0.05, 0.1) is 11.9 Å². The molecule has 22 heavy (non-hydrogen) atoms. The second-order valence-corrected chi connectivity index (χ2v) is 4.97. The second-order valence-electron chi connectivity index (χ2n) is 4.97. The Bertz CT molecular complexity index is 791. The van der Waals surface area contributed by atoms with Gasteiger partial charge in [0.1, 0.15) is 12.0 Å². The maximum Gasteiger partial charge on any atom is 0.299 e. The molecule has 0 saturated heterocycles. The summed E-state index contributed by atoms with van der Waals surface area (Å²) < 4.78 is 19.1. The summed E-state index contributed by atoms with van der Waals surface area (Å²) >= 11 is 0. The predicted molar refractivity (Wildman–Crippen MR) is 81.0 cm³/mol. The van der Waals surface area contributed by atoms with Gasteiger partial charge in [0.25, 0.3) is 6.01 Å². The number of rotatable bonds is 3. The number of nitrogens with one attached hydrogen (secondary N) is 3. The van der Waals surface area contributed by atoms with E-state index in [1.165, 1.54) is 12.3 Å². The zero-order valence-corrected chi connectivity index (χ0v) is 11.5. The monoisotopic (exact) mass is 296 g/mol. The minimum absolute atomic E-state index is 0.134. The molecule has 110 valence electrons. The molecule has 1 aromatic carbocycles. The molecule has 1 unspecified atom stereocenters. The van der Waals surface area contributed by atoms with Crippen molar-refractivity contribution in [2.24, 2.45) is 0 Å². The highest BCUT2D eigenvalue weighted by Gasteiger charge is 2.26. The maximum atomic E-state index is 13.4. The van der Waals surface area contributed by atoms with E-state index in [0.717, 1.165) is 16.8 Å². The number of allylic oxidation sites excluding steroid dienone is 2. The van der Waals surface area contributed by atoms with E-state index in [0.29, 0.717) is 11.8 Å². The normalized spacial score (nSPS) is 19.3. The van der Waals surface area contributed by atoms with Gasteiger partial charge in [-0.1, -0.05) is 30.3 Å². The van der Waals surface area contributed by atoms with Crippen molar-refractivity contribution in [2.75, 3.05) is 5.32 Å². The van der Waals surface area contributed by atoms with Gasteiger partial charge < -0.3 is 20.4 Å². The highest BCUT2D eigenvalue weighted by Crippen LogP contribution is 2.27. The largest absolute Gasteiger partial charge is 0.423 e. The first-order valence-corrected chi connectivity index (χ1v) is 6.88. The summed E-state index contributed by atoms with van der Waals surface area (Å²) in [5.74, 6) is 0.355. The van der Waals surface area contributed by atoms with Crippen LogP contribution < -0.4 is 16.0 Å². The van der Waals surface area contributed by atoms with Crippen LogP contribution in [0.1, 0.15) is 0 Å². The van der Waals surface area contributed by atoms with Crippen molar-refractivity contribution in [1.82, 2.24) is 15.6 Å². The van der Waals surface area contributed by atoms with Crippen molar-refractivity contribution in [1.29, 1.82) is 0 Å². The van der Waals surface area contributed by atoms with E-state index in [1.54, 1.807) is 12.4 Å². The van der Waals surface area contributed by atoms with Gasteiger partial charge in [-0.2, -0.15) is 0 Å². The summed E-state index contributed by atoms with van der Waals surface area (Å²) in [7, 11) is 0. The van der Waals surface area contributed by atoms with Gasteiger partial charge in [-0.15, -0.1) is 0 Å². The molecule has 0 saturated carbocycles. The molecule has 5 nitrogen and oxygen atoms in total. The molecule has 3 N–H and O–H groups in total. The summed E-state index contributed by atoms with van der Waals surface area (Å²) in [6, 6.07) is 10.1. The lowest BCUT2D eigenvalue weighted by molar-refractivity contribution is 0.577. The third-order valence-corrected chi connectivity index (χ3v) is 3.50. The van der Waals surface area contributed by atoms with Gasteiger partial charge in [0, 0.05) is 23.5 Å². The van der Waals surface area contributed by atoms with E-state index in [4.69, 9.17) is 4.42 Å². The molecule has 2 aliphatic heterocycles. The number of fused-ring (bicyclic) bond motifs is 1. The molecule has 4 rings (SSSR count). The molecule has 2 aromatic rings. The first-order valence-electron chi connectivity index (χ1n) is 6.88. The fraction of sp³-hybridized carbons (Fsp3) is 0.0625. The fourth-order valence-electron chi connectivity index (χ4n) is 2.44. The second kappa shape index (κ2) is 5.07.